The quantitative estimate of drug-likeness (QED) is 0.845. The van der Waals surface area contributed by atoms with Gasteiger partial charge >= 0.3 is 0 Å². The van der Waals surface area contributed by atoms with Gasteiger partial charge in [0.15, 0.2) is 0 Å². The fraction of sp³-hybridized carbons (Fsp3) is 0.545. The average Bonchev–Trinajstić information content (AvgIpc) is 2.71. The molecule has 0 aliphatic carbocycles. The van der Waals surface area contributed by atoms with E-state index in [2.05, 4.69) is 4.90 Å². The van der Waals surface area contributed by atoms with Crippen molar-refractivity contribution in [3.05, 3.63) is 10.9 Å². The maximum Gasteiger partial charge on any atom is 0.260 e. The smallest absolute Gasteiger partial charge is 0.260 e. The van der Waals surface area contributed by atoms with Gasteiger partial charge in [-0.1, -0.05) is 0 Å². The predicted octanol–water partition coefficient (Wildman–Crippen LogP) is 1.04. The molecular formula is C11H17N3O2S. The molecule has 0 bridgehead atoms. The predicted molar refractivity (Wildman–Crippen MR) is 69.5 cm³/mol. The second-order valence-corrected chi connectivity index (χ2v) is 5.19. The Morgan fingerprint density at radius 3 is 2.65 bits per heavy atom. The van der Waals surface area contributed by atoms with Crippen molar-refractivity contribution >= 4 is 27.9 Å². The van der Waals surface area contributed by atoms with Crippen LogP contribution < -0.4 is 16.4 Å². The van der Waals surface area contributed by atoms with E-state index in [1.165, 1.54) is 11.3 Å². The molecule has 1 fully saturated rings. The Hall–Kier alpha value is -1.27. The summed E-state index contributed by atoms with van der Waals surface area (Å²) in [4.78, 5) is 13.8. The van der Waals surface area contributed by atoms with Crippen LogP contribution >= 0.6 is 11.3 Å². The summed E-state index contributed by atoms with van der Waals surface area (Å²) in [5.74, 6) is -0.453. The lowest BCUT2D eigenvalue weighted by atomic mass is 10.1. The molecule has 4 N–H and O–H groups in total. The zero-order valence-corrected chi connectivity index (χ0v) is 10.6. The standard InChI is InChI=1S/C11H17N3O2S/c1-16-7-2-4-14(5-3-7)9-6-8(12)10(17-9)11(13)15/h6-7H,2-5,12H2,1H3,(H2,13,15). The van der Waals surface area contributed by atoms with Gasteiger partial charge in [-0.15, -0.1) is 11.3 Å². The topological polar surface area (TPSA) is 81.6 Å². The first-order chi connectivity index (χ1) is 8.11. The highest BCUT2D eigenvalue weighted by Gasteiger charge is 2.21. The number of rotatable bonds is 3. The molecule has 0 aromatic carbocycles. The highest BCUT2D eigenvalue weighted by atomic mass is 32.1. The maximum atomic E-state index is 11.1. The number of hydrogen-bond acceptors (Lipinski definition) is 5. The number of piperidine rings is 1. The molecule has 1 aliphatic rings. The van der Waals surface area contributed by atoms with E-state index in [-0.39, 0.29) is 0 Å². The van der Waals surface area contributed by atoms with E-state index >= 15 is 0 Å². The second kappa shape index (κ2) is 4.93. The average molecular weight is 255 g/mol. The summed E-state index contributed by atoms with van der Waals surface area (Å²) in [5.41, 5.74) is 11.5. The van der Waals surface area contributed by atoms with Crippen LogP contribution in [0.1, 0.15) is 22.5 Å². The third kappa shape index (κ3) is 2.53. The molecule has 17 heavy (non-hydrogen) atoms. The fourth-order valence-corrected chi connectivity index (χ4v) is 3.04. The van der Waals surface area contributed by atoms with Crippen LogP contribution in [-0.2, 0) is 4.74 Å². The molecule has 1 amide bonds. The summed E-state index contributed by atoms with van der Waals surface area (Å²) < 4.78 is 5.32. The minimum Gasteiger partial charge on any atom is -0.397 e. The number of carbonyl (C=O) groups excluding carboxylic acids is 1. The van der Waals surface area contributed by atoms with Crippen molar-refractivity contribution in [1.82, 2.24) is 0 Å². The molecule has 2 rings (SSSR count). The number of nitrogens with two attached hydrogens (primary N) is 2. The number of nitrogens with zero attached hydrogens (tertiary/aromatic N) is 1. The molecule has 1 aromatic rings. The van der Waals surface area contributed by atoms with Gasteiger partial charge in [-0.05, 0) is 18.9 Å². The van der Waals surface area contributed by atoms with Crippen LogP contribution in [0.5, 0.6) is 0 Å². The van der Waals surface area contributed by atoms with Crippen LogP contribution in [0.4, 0.5) is 10.7 Å². The summed E-state index contributed by atoms with van der Waals surface area (Å²) >= 11 is 1.37. The largest absolute Gasteiger partial charge is 0.397 e. The fourth-order valence-electron chi connectivity index (χ4n) is 2.05. The Balaban J connectivity index is 2.08. The lowest BCUT2D eigenvalue weighted by Crippen LogP contribution is -2.36. The van der Waals surface area contributed by atoms with Crippen LogP contribution in [0.15, 0.2) is 6.07 Å². The summed E-state index contributed by atoms with van der Waals surface area (Å²) in [5, 5.41) is 1.02. The molecule has 2 heterocycles. The summed E-state index contributed by atoms with van der Waals surface area (Å²) in [6.45, 7) is 1.85. The normalized spacial score (nSPS) is 17.4. The first kappa shape index (κ1) is 12.2. The van der Waals surface area contributed by atoms with E-state index in [1.807, 2.05) is 6.07 Å². The molecule has 94 valence electrons. The van der Waals surface area contributed by atoms with Gasteiger partial charge in [0.25, 0.3) is 5.91 Å². The van der Waals surface area contributed by atoms with Gasteiger partial charge in [0.2, 0.25) is 0 Å². The highest BCUT2D eigenvalue weighted by Crippen LogP contribution is 2.33. The number of carbonyl (C=O) groups is 1. The van der Waals surface area contributed by atoms with Gasteiger partial charge in [0.05, 0.1) is 16.8 Å². The van der Waals surface area contributed by atoms with Crippen LogP contribution in [0.3, 0.4) is 0 Å². The Bertz CT molecular complexity index is 411. The molecule has 0 atom stereocenters. The van der Waals surface area contributed by atoms with E-state index in [9.17, 15) is 4.79 Å². The zero-order chi connectivity index (χ0) is 12.4. The van der Waals surface area contributed by atoms with Gasteiger partial charge in [0, 0.05) is 20.2 Å². The van der Waals surface area contributed by atoms with E-state index in [4.69, 9.17) is 16.2 Å². The third-order valence-corrected chi connectivity index (χ3v) is 4.28. The second-order valence-electron chi connectivity index (χ2n) is 4.16. The summed E-state index contributed by atoms with van der Waals surface area (Å²) in [6.07, 6.45) is 2.35. The van der Waals surface area contributed by atoms with Crippen molar-refractivity contribution in [3.8, 4) is 0 Å². The number of anilines is 2. The van der Waals surface area contributed by atoms with E-state index in [1.54, 1.807) is 7.11 Å². The van der Waals surface area contributed by atoms with Gasteiger partial charge < -0.3 is 21.1 Å². The first-order valence-electron chi connectivity index (χ1n) is 5.58. The number of nitrogen functional groups attached to an aromatic ring is 1. The minimum atomic E-state index is -0.453. The highest BCUT2D eigenvalue weighted by molar-refractivity contribution is 7.18. The van der Waals surface area contributed by atoms with E-state index in [0.717, 1.165) is 30.9 Å². The Morgan fingerprint density at radius 1 is 1.53 bits per heavy atom. The van der Waals surface area contributed by atoms with Crippen molar-refractivity contribution in [3.63, 3.8) is 0 Å². The van der Waals surface area contributed by atoms with Crippen molar-refractivity contribution in [2.24, 2.45) is 5.73 Å². The number of methoxy groups -OCH3 is 1. The van der Waals surface area contributed by atoms with Crippen molar-refractivity contribution in [2.45, 2.75) is 18.9 Å². The van der Waals surface area contributed by atoms with Gasteiger partial charge in [0.1, 0.15) is 4.88 Å². The SMILES string of the molecule is COC1CCN(c2cc(N)c(C(N)=O)s2)CC1. The zero-order valence-electron chi connectivity index (χ0n) is 9.81. The molecule has 6 heteroatoms. The van der Waals surface area contributed by atoms with Crippen LogP contribution in [0.2, 0.25) is 0 Å². The Morgan fingerprint density at radius 2 is 2.18 bits per heavy atom. The van der Waals surface area contributed by atoms with Gasteiger partial charge in [-0.3, -0.25) is 4.79 Å². The van der Waals surface area contributed by atoms with Crippen LogP contribution in [-0.4, -0.2) is 32.2 Å². The molecular weight excluding hydrogens is 238 g/mol. The van der Waals surface area contributed by atoms with Crippen LogP contribution in [0, 0.1) is 0 Å². The number of ether oxygens (including phenoxy) is 1. The van der Waals surface area contributed by atoms with E-state index < -0.39 is 5.91 Å². The maximum absolute atomic E-state index is 11.1. The molecule has 0 unspecified atom stereocenters. The van der Waals surface area contributed by atoms with Crippen molar-refractivity contribution < 1.29 is 9.53 Å². The van der Waals surface area contributed by atoms with Gasteiger partial charge in [-0.25, -0.2) is 0 Å². The number of primary amides is 1. The number of amides is 1. The molecule has 1 saturated heterocycles. The molecule has 0 saturated carbocycles. The first-order valence-corrected chi connectivity index (χ1v) is 6.40. The number of hydrogen-bond donors (Lipinski definition) is 2. The lowest BCUT2D eigenvalue weighted by Gasteiger charge is -2.31. The molecule has 0 radical (unpaired) electrons. The lowest BCUT2D eigenvalue weighted by molar-refractivity contribution is 0.0820. The van der Waals surface area contributed by atoms with Crippen molar-refractivity contribution in [1.29, 1.82) is 0 Å². The van der Waals surface area contributed by atoms with Gasteiger partial charge in [-0.2, -0.15) is 0 Å². The molecule has 1 aliphatic heterocycles. The summed E-state index contributed by atoms with van der Waals surface area (Å²) in [6, 6.07) is 1.83. The molecule has 5 nitrogen and oxygen atoms in total. The Kier molecular flexibility index (Phi) is 3.54. The van der Waals surface area contributed by atoms with E-state index in [0.29, 0.717) is 16.7 Å². The van der Waals surface area contributed by atoms with Crippen LogP contribution in [0.25, 0.3) is 0 Å². The van der Waals surface area contributed by atoms with Crippen molar-refractivity contribution in [2.75, 3.05) is 30.8 Å². The minimum absolute atomic E-state index is 0.346. The summed E-state index contributed by atoms with van der Waals surface area (Å²) in [7, 11) is 1.74. The Labute approximate surface area is 104 Å². The third-order valence-electron chi connectivity index (χ3n) is 3.06. The molecule has 1 aromatic heterocycles. The molecule has 0 spiro atoms. The monoisotopic (exact) mass is 255 g/mol. The number of thiophene rings is 1.